The first-order valence-electron chi connectivity index (χ1n) is 11.6. The van der Waals surface area contributed by atoms with E-state index in [9.17, 15) is 9.59 Å². The Bertz CT molecular complexity index is 1070. The van der Waals surface area contributed by atoms with Gasteiger partial charge in [-0.15, -0.1) is 0 Å². The molecule has 0 bridgehead atoms. The average molecular weight is 443 g/mol. The number of likely N-dealkylation sites (tertiary alicyclic amines) is 2. The van der Waals surface area contributed by atoms with Crippen molar-refractivity contribution >= 4 is 17.9 Å². The quantitative estimate of drug-likeness (QED) is 0.531. The van der Waals surface area contributed by atoms with Gasteiger partial charge in [-0.2, -0.15) is 0 Å². The van der Waals surface area contributed by atoms with E-state index in [1.165, 1.54) is 0 Å². The van der Waals surface area contributed by atoms with Gasteiger partial charge in [-0.3, -0.25) is 9.59 Å². The Morgan fingerprint density at radius 1 is 0.970 bits per heavy atom. The topological polar surface area (TPSA) is 49.9 Å². The summed E-state index contributed by atoms with van der Waals surface area (Å²) < 4.78 is 5.63. The van der Waals surface area contributed by atoms with Gasteiger partial charge in [0.05, 0.1) is 6.61 Å². The second-order valence-corrected chi connectivity index (χ2v) is 8.72. The number of piperidine rings is 1. The highest BCUT2D eigenvalue weighted by Crippen LogP contribution is 2.40. The van der Waals surface area contributed by atoms with Gasteiger partial charge < -0.3 is 14.5 Å². The summed E-state index contributed by atoms with van der Waals surface area (Å²) in [6, 6.07) is 17.3. The SMILES string of the molecule is CCOc1ccccc1C=CC(=O)N1CCC2(CCN(C(=O)C#Cc3ccccc3)C2)CC1. The van der Waals surface area contributed by atoms with Crippen molar-refractivity contribution in [1.82, 2.24) is 9.80 Å². The Labute approximate surface area is 196 Å². The Morgan fingerprint density at radius 2 is 1.64 bits per heavy atom. The van der Waals surface area contributed by atoms with Gasteiger partial charge in [0.15, 0.2) is 0 Å². The van der Waals surface area contributed by atoms with Crippen LogP contribution in [0, 0.1) is 17.3 Å². The van der Waals surface area contributed by atoms with Gasteiger partial charge in [-0.1, -0.05) is 42.3 Å². The second kappa shape index (κ2) is 10.4. The Hall–Kier alpha value is -3.52. The van der Waals surface area contributed by atoms with E-state index in [1.54, 1.807) is 6.08 Å². The van der Waals surface area contributed by atoms with Crippen LogP contribution in [0.4, 0.5) is 0 Å². The molecule has 2 heterocycles. The first-order chi connectivity index (χ1) is 16.1. The molecule has 1 spiro atoms. The fourth-order valence-electron chi connectivity index (χ4n) is 4.62. The van der Waals surface area contributed by atoms with Gasteiger partial charge in [0, 0.05) is 49.3 Å². The predicted octanol–water partition coefficient (Wildman–Crippen LogP) is 3.99. The van der Waals surface area contributed by atoms with Gasteiger partial charge in [0.1, 0.15) is 5.75 Å². The van der Waals surface area contributed by atoms with E-state index in [0.717, 1.165) is 49.2 Å². The van der Waals surface area contributed by atoms with Crippen LogP contribution >= 0.6 is 0 Å². The summed E-state index contributed by atoms with van der Waals surface area (Å²) >= 11 is 0. The molecule has 0 saturated carbocycles. The summed E-state index contributed by atoms with van der Waals surface area (Å²) in [4.78, 5) is 29.1. The lowest BCUT2D eigenvalue weighted by molar-refractivity contribution is -0.129. The summed E-state index contributed by atoms with van der Waals surface area (Å²) in [6.07, 6.45) is 6.28. The van der Waals surface area contributed by atoms with Crippen molar-refractivity contribution in [3.05, 3.63) is 71.8 Å². The molecule has 0 aliphatic carbocycles. The first kappa shape index (κ1) is 22.7. The third kappa shape index (κ3) is 5.64. The zero-order valence-electron chi connectivity index (χ0n) is 19.1. The van der Waals surface area contributed by atoms with E-state index < -0.39 is 0 Å². The van der Waals surface area contributed by atoms with Gasteiger partial charge in [-0.05, 0) is 55.9 Å². The fourth-order valence-corrected chi connectivity index (χ4v) is 4.62. The van der Waals surface area contributed by atoms with Gasteiger partial charge in [0.2, 0.25) is 5.91 Å². The van der Waals surface area contributed by atoms with E-state index in [0.29, 0.717) is 19.7 Å². The molecule has 5 nitrogen and oxygen atoms in total. The van der Waals surface area contributed by atoms with E-state index in [-0.39, 0.29) is 17.2 Å². The zero-order valence-corrected chi connectivity index (χ0v) is 19.1. The van der Waals surface area contributed by atoms with E-state index in [1.807, 2.05) is 77.4 Å². The molecule has 33 heavy (non-hydrogen) atoms. The summed E-state index contributed by atoms with van der Waals surface area (Å²) in [5.41, 5.74) is 1.86. The van der Waals surface area contributed by atoms with Crippen LogP contribution in [0.15, 0.2) is 60.7 Å². The van der Waals surface area contributed by atoms with Crippen molar-refractivity contribution in [3.63, 3.8) is 0 Å². The van der Waals surface area contributed by atoms with Crippen LogP contribution in [0.25, 0.3) is 6.08 Å². The monoisotopic (exact) mass is 442 g/mol. The first-order valence-corrected chi connectivity index (χ1v) is 11.6. The lowest BCUT2D eigenvalue weighted by atomic mass is 9.78. The molecular formula is C28H30N2O3. The maximum Gasteiger partial charge on any atom is 0.298 e. The number of hydrogen-bond donors (Lipinski definition) is 0. The Morgan fingerprint density at radius 3 is 2.36 bits per heavy atom. The number of rotatable bonds is 4. The van der Waals surface area contributed by atoms with Crippen molar-refractivity contribution in [3.8, 4) is 17.6 Å². The van der Waals surface area contributed by atoms with Crippen LogP contribution in [0.2, 0.25) is 0 Å². The second-order valence-electron chi connectivity index (χ2n) is 8.72. The van der Waals surface area contributed by atoms with Crippen LogP contribution in [-0.4, -0.2) is 54.4 Å². The minimum absolute atomic E-state index is 0.0239. The van der Waals surface area contributed by atoms with Gasteiger partial charge in [-0.25, -0.2) is 0 Å². The number of para-hydroxylation sites is 1. The normalized spacial score (nSPS) is 17.1. The largest absolute Gasteiger partial charge is 0.493 e. The molecule has 0 atom stereocenters. The number of benzene rings is 2. The molecule has 2 amide bonds. The number of ether oxygens (including phenoxy) is 1. The molecule has 2 aliphatic rings. The molecule has 170 valence electrons. The van der Waals surface area contributed by atoms with E-state index in [4.69, 9.17) is 4.74 Å². The molecule has 2 fully saturated rings. The maximum absolute atomic E-state index is 12.8. The van der Waals surface area contributed by atoms with Crippen LogP contribution in [0.5, 0.6) is 5.75 Å². The van der Waals surface area contributed by atoms with Crippen molar-refractivity contribution in [2.75, 3.05) is 32.8 Å². The molecular weight excluding hydrogens is 412 g/mol. The van der Waals surface area contributed by atoms with Crippen molar-refractivity contribution in [2.45, 2.75) is 26.2 Å². The fraction of sp³-hybridized carbons (Fsp3) is 0.357. The molecule has 2 saturated heterocycles. The zero-order chi connectivity index (χ0) is 23.1. The molecule has 2 aliphatic heterocycles. The van der Waals surface area contributed by atoms with E-state index >= 15 is 0 Å². The van der Waals surface area contributed by atoms with Crippen LogP contribution in [0.1, 0.15) is 37.3 Å². The summed E-state index contributed by atoms with van der Waals surface area (Å²) in [5.74, 6) is 6.45. The smallest absolute Gasteiger partial charge is 0.298 e. The van der Waals surface area contributed by atoms with Crippen molar-refractivity contribution in [2.24, 2.45) is 5.41 Å². The summed E-state index contributed by atoms with van der Waals surface area (Å²) in [6.45, 7) is 5.44. The number of amides is 2. The molecule has 0 N–H and O–H groups in total. The summed E-state index contributed by atoms with van der Waals surface area (Å²) in [5, 5.41) is 0. The van der Waals surface area contributed by atoms with Gasteiger partial charge in [0.25, 0.3) is 5.91 Å². The molecule has 4 rings (SSSR count). The standard InChI is InChI=1S/C28H30N2O3/c1-2-33-25-11-7-6-10-24(25)13-15-26(31)29-19-16-28(17-20-29)18-21-30(22-28)27(32)14-12-23-8-4-3-5-9-23/h3-11,13,15H,2,16-22H2,1H3. The van der Waals surface area contributed by atoms with Crippen LogP contribution < -0.4 is 4.74 Å². The molecule has 0 radical (unpaired) electrons. The minimum atomic E-state index is -0.106. The highest BCUT2D eigenvalue weighted by molar-refractivity contribution is 5.94. The van der Waals surface area contributed by atoms with Crippen LogP contribution in [0.3, 0.4) is 0 Å². The average Bonchev–Trinajstić information content (AvgIpc) is 3.26. The molecule has 5 heteroatoms. The van der Waals surface area contributed by atoms with Crippen LogP contribution in [-0.2, 0) is 9.59 Å². The number of nitrogens with zero attached hydrogens (tertiary/aromatic N) is 2. The highest BCUT2D eigenvalue weighted by atomic mass is 16.5. The number of carbonyl (C=O) groups excluding carboxylic acids is 2. The number of hydrogen-bond acceptors (Lipinski definition) is 3. The third-order valence-corrected chi connectivity index (χ3v) is 6.57. The molecule has 0 unspecified atom stereocenters. The summed E-state index contributed by atoms with van der Waals surface area (Å²) in [7, 11) is 0. The third-order valence-electron chi connectivity index (χ3n) is 6.57. The minimum Gasteiger partial charge on any atom is -0.493 e. The Balaban J connectivity index is 1.30. The number of carbonyl (C=O) groups is 2. The lowest BCUT2D eigenvalue weighted by Gasteiger charge is -2.38. The lowest BCUT2D eigenvalue weighted by Crippen LogP contribution is -2.44. The molecule has 2 aromatic rings. The molecule has 2 aromatic carbocycles. The Kier molecular flexibility index (Phi) is 7.14. The molecule has 0 aromatic heterocycles. The van der Waals surface area contributed by atoms with Crippen molar-refractivity contribution < 1.29 is 14.3 Å². The van der Waals surface area contributed by atoms with Gasteiger partial charge >= 0.3 is 0 Å². The maximum atomic E-state index is 12.8. The highest BCUT2D eigenvalue weighted by Gasteiger charge is 2.42. The predicted molar refractivity (Wildman–Crippen MR) is 129 cm³/mol. The van der Waals surface area contributed by atoms with Crippen molar-refractivity contribution in [1.29, 1.82) is 0 Å². The van der Waals surface area contributed by atoms with E-state index in [2.05, 4.69) is 11.8 Å².